The summed E-state index contributed by atoms with van der Waals surface area (Å²) >= 11 is 0. The van der Waals surface area contributed by atoms with Crippen LogP contribution in [0.4, 0.5) is 0 Å². The van der Waals surface area contributed by atoms with Crippen molar-refractivity contribution >= 4 is 0 Å². The Morgan fingerprint density at radius 1 is 1.29 bits per heavy atom. The highest BCUT2D eigenvalue weighted by Crippen LogP contribution is 2.17. The molecule has 0 aliphatic carbocycles. The van der Waals surface area contributed by atoms with Crippen molar-refractivity contribution in [2.24, 2.45) is 5.73 Å². The van der Waals surface area contributed by atoms with Gasteiger partial charge in [-0.2, -0.15) is 10.5 Å². The number of hydrogen-bond donors (Lipinski definition) is 1. The Hall–Kier alpha value is -2.63. The standard InChI is InChI=1S/C12H9N5/c13-6-9-1-2-11(10(5-9)7-14)17-4-3-16-12(17)8-15/h1-5H,6,13H2. The lowest BCUT2D eigenvalue weighted by Gasteiger charge is -2.07. The Morgan fingerprint density at radius 2 is 2.12 bits per heavy atom. The molecule has 0 saturated heterocycles. The van der Waals surface area contributed by atoms with Gasteiger partial charge >= 0.3 is 0 Å². The molecule has 0 aliphatic rings. The maximum absolute atomic E-state index is 9.09. The van der Waals surface area contributed by atoms with Crippen LogP contribution in [-0.2, 0) is 6.54 Å². The molecule has 2 rings (SSSR count). The van der Waals surface area contributed by atoms with E-state index in [0.29, 0.717) is 17.8 Å². The van der Waals surface area contributed by atoms with Crippen LogP contribution in [0.15, 0.2) is 30.6 Å². The van der Waals surface area contributed by atoms with E-state index in [1.807, 2.05) is 12.1 Å². The van der Waals surface area contributed by atoms with Gasteiger partial charge in [0.1, 0.15) is 12.1 Å². The molecule has 2 aromatic rings. The van der Waals surface area contributed by atoms with E-state index in [4.69, 9.17) is 16.3 Å². The van der Waals surface area contributed by atoms with Crippen LogP contribution in [0.5, 0.6) is 0 Å². The number of imidazole rings is 1. The topological polar surface area (TPSA) is 91.4 Å². The molecule has 0 radical (unpaired) electrons. The van der Waals surface area contributed by atoms with Crippen LogP contribution in [0, 0.1) is 22.7 Å². The molecule has 0 bridgehead atoms. The van der Waals surface area contributed by atoms with E-state index in [2.05, 4.69) is 11.1 Å². The first kappa shape index (κ1) is 10.9. The molecule has 0 unspecified atom stereocenters. The molecule has 0 amide bonds. The molecular formula is C12H9N5. The van der Waals surface area contributed by atoms with Crippen LogP contribution in [0.25, 0.3) is 5.69 Å². The van der Waals surface area contributed by atoms with Crippen molar-refractivity contribution in [2.45, 2.75) is 6.54 Å². The molecule has 0 aliphatic heterocycles. The van der Waals surface area contributed by atoms with E-state index >= 15 is 0 Å². The lowest BCUT2D eigenvalue weighted by Crippen LogP contribution is -2.02. The molecule has 82 valence electrons. The zero-order valence-corrected chi connectivity index (χ0v) is 8.96. The average Bonchev–Trinajstić information content (AvgIpc) is 2.85. The van der Waals surface area contributed by atoms with Gasteiger partial charge in [0, 0.05) is 18.9 Å². The van der Waals surface area contributed by atoms with E-state index in [9.17, 15) is 0 Å². The molecular weight excluding hydrogens is 214 g/mol. The van der Waals surface area contributed by atoms with Crippen molar-refractivity contribution in [3.05, 3.63) is 47.5 Å². The van der Waals surface area contributed by atoms with Crippen molar-refractivity contribution in [3.8, 4) is 17.8 Å². The largest absolute Gasteiger partial charge is 0.326 e. The first-order valence-electron chi connectivity index (χ1n) is 4.97. The number of nitrogens with zero attached hydrogens (tertiary/aromatic N) is 4. The third-order valence-corrected chi connectivity index (χ3v) is 2.42. The Bertz CT molecular complexity index is 627. The summed E-state index contributed by atoms with van der Waals surface area (Å²) in [6.07, 6.45) is 3.17. The summed E-state index contributed by atoms with van der Waals surface area (Å²) in [5.74, 6) is 0.252. The second kappa shape index (κ2) is 4.48. The monoisotopic (exact) mass is 223 g/mol. The van der Waals surface area contributed by atoms with Crippen molar-refractivity contribution in [1.82, 2.24) is 9.55 Å². The molecule has 17 heavy (non-hydrogen) atoms. The third-order valence-electron chi connectivity index (χ3n) is 2.42. The SMILES string of the molecule is N#Cc1cc(CN)ccc1-n1ccnc1C#N. The van der Waals surface area contributed by atoms with Crippen molar-refractivity contribution in [3.63, 3.8) is 0 Å². The first-order valence-corrected chi connectivity index (χ1v) is 4.97. The predicted octanol–water partition coefficient (Wildman–Crippen LogP) is 1.07. The predicted molar refractivity (Wildman–Crippen MR) is 60.9 cm³/mol. The van der Waals surface area contributed by atoms with Gasteiger partial charge in [0.05, 0.1) is 11.3 Å². The highest BCUT2D eigenvalue weighted by molar-refractivity contribution is 5.52. The second-order valence-corrected chi connectivity index (χ2v) is 3.40. The van der Waals surface area contributed by atoms with E-state index < -0.39 is 0 Å². The van der Waals surface area contributed by atoms with E-state index in [1.54, 1.807) is 22.9 Å². The van der Waals surface area contributed by atoms with Crippen LogP contribution in [0.2, 0.25) is 0 Å². The van der Waals surface area contributed by atoms with Gasteiger partial charge in [-0.15, -0.1) is 0 Å². The van der Waals surface area contributed by atoms with E-state index in [1.165, 1.54) is 6.20 Å². The maximum Gasteiger partial charge on any atom is 0.217 e. The summed E-state index contributed by atoms with van der Waals surface area (Å²) in [4.78, 5) is 3.90. The van der Waals surface area contributed by atoms with Gasteiger partial charge in [-0.25, -0.2) is 4.98 Å². The average molecular weight is 223 g/mol. The summed E-state index contributed by atoms with van der Waals surface area (Å²) in [5.41, 5.74) is 7.51. The van der Waals surface area contributed by atoms with Crippen molar-refractivity contribution < 1.29 is 0 Å². The fourth-order valence-corrected chi connectivity index (χ4v) is 1.59. The molecule has 2 N–H and O–H groups in total. The van der Waals surface area contributed by atoms with Gasteiger partial charge in [-0.3, -0.25) is 4.57 Å². The van der Waals surface area contributed by atoms with Gasteiger partial charge in [-0.05, 0) is 17.7 Å². The van der Waals surface area contributed by atoms with Gasteiger partial charge in [-0.1, -0.05) is 6.07 Å². The lowest BCUT2D eigenvalue weighted by molar-refractivity contribution is 1.00. The second-order valence-electron chi connectivity index (χ2n) is 3.40. The molecule has 0 saturated carbocycles. The normalized spacial score (nSPS) is 9.59. The van der Waals surface area contributed by atoms with Gasteiger partial charge in [0.15, 0.2) is 0 Å². The van der Waals surface area contributed by atoms with Crippen LogP contribution >= 0.6 is 0 Å². The van der Waals surface area contributed by atoms with E-state index in [0.717, 1.165) is 5.56 Å². The number of benzene rings is 1. The molecule has 1 aromatic carbocycles. The Morgan fingerprint density at radius 3 is 2.76 bits per heavy atom. The van der Waals surface area contributed by atoms with Crippen LogP contribution in [0.3, 0.4) is 0 Å². The zero-order valence-electron chi connectivity index (χ0n) is 8.96. The smallest absolute Gasteiger partial charge is 0.217 e. The Labute approximate surface area is 98.3 Å². The van der Waals surface area contributed by atoms with Crippen molar-refractivity contribution in [2.75, 3.05) is 0 Å². The fourth-order valence-electron chi connectivity index (χ4n) is 1.59. The van der Waals surface area contributed by atoms with Gasteiger partial charge < -0.3 is 5.73 Å². The van der Waals surface area contributed by atoms with Gasteiger partial charge in [0.25, 0.3) is 0 Å². The Balaban J connectivity index is 2.61. The molecule has 1 heterocycles. The molecule has 1 aromatic heterocycles. The number of rotatable bonds is 2. The molecule has 5 nitrogen and oxygen atoms in total. The van der Waals surface area contributed by atoms with Crippen molar-refractivity contribution in [1.29, 1.82) is 10.5 Å². The summed E-state index contributed by atoms with van der Waals surface area (Å²) < 4.78 is 1.58. The van der Waals surface area contributed by atoms with Crippen LogP contribution < -0.4 is 5.73 Å². The minimum atomic E-state index is 0.252. The quantitative estimate of drug-likeness (QED) is 0.824. The Kier molecular flexibility index (Phi) is 2.87. The number of nitrogens with two attached hydrogens (primary N) is 1. The summed E-state index contributed by atoms with van der Waals surface area (Å²) in [6.45, 7) is 0.379. The highest BCUT2D eigenvalue weighted by Gasteiger charge is 2.09. The minimum Gasteiger partial charge on any atom is -0.326 e. The van der Waals surface area contributed by atoms with E-state index in [-0.39, 0.29) is 5.82 Å². The zero-order chi connectivity index (χ0) is 12.3. The van der Waals surface area contributed by atoms with Crippen LogP contribution in [-0.4, -0.2) is 9.55 Å². The molecule has 0 atom stereocenters. The summed E-state index contributed by atoms with van der Waals surface area (Å²) in [7, 11) is 0. The molecule has 0 fully saturated rings. The van der Waals surface area contributed by atoms with Gasteiger partial charge in [0.2, 0.25) is 5.82 Å². The number of aromatic nitrogens is 2. The molecule has 5 heteroatoms. The number of nitriles is 2. The third kappa shape index (κ3) is 1.87. The summed E-state index contributed by atoms with van der Waals surface area (Å²) in [6, 6.07) is 9.38. The minimum absolute atomic E-state index is 0.252. The lowest BCUT2D eigenvalue weighted by atomic mass is 10.1. The van der Waals surface area contributed by atoms with Crippen LogP contribution in [0.1, 0.15) is 17.0 Å². The highest BCUT2D eigenvalue weighted by atomic mass is 15.1. The molecule has 0 spiro atoms. The number of hydrogen-bond acceptors (Lipinski definition) is 4. The summed E-state index contributed by atoms with van der Waals surface area (Å²) in [5, 5.41) is 18.0. The first-order chi connectivity index (χ1) is 8.30. The maximum atomic E-state index is 9.09. The fraction of sp³-hybridized carbons (Fsp3) is 0.0833.